The van der Waals surface area contributed by atoms with Gasteiger partial charge in [0.1, 0.15) is 10.7 Å². The Kier molecular flexibility index (Phi) is 4.08. The van der Waals surface area contributed by atoms with Crippen molar-refractivity contribution in [2.45, 2.75) is 18.0 Å². The highest BCUT2D eigenvalue weighted by Gasteiger charge is 2.31. The molecule has 0 saturated carbocycles. The average molecular weight is 372 g/mol. The lowest BCUT2D eigenvalue weighted by molar-refractivity contribution is -0.137. The molecule has 0 atom stereocenters. The van der Waals surface area contributed by atoms with Crippen molar-refractivity contribution in [3.8, 4) is 10.7 Å². The number of hydrogen-bond donors (Lipinski definition) is 0. The van der Waals surface area contributed by atoms with Crippen molar-refractivity contribution in [3.63, 3.8) is 0 Å². The van der Waals surface area contributed by atoms with Gasteiger partial charge in [-0.3, -0.25) is 4.98 Å². The Morgan fingerprint density at radius 3 is 2.62 bits per heavy atom. The third kappa shape index (κ3) is 3.01. The number of halogens is 3. The number of thiazole rings is 1. The number of benzene rings is 1. The fourth-order valence-electron chi connectivity index (χ4n) is 2.16. The summed E-state index contributed by atoms with van der Waals surface area (Å²) >= 11 is 1.11. The van der Waals surface area contributed by atoms with E-state index in [4.69, 9.17) is 0 Å². The molecule has 0 aliphatic rings. The van der Waals surface area contributed by atoms with Crippen LogP contribution >= 0.6 is 11.3 Å². The number of aromatic nitrogens is 2. The molecule has 2 aromatic heterocycles. The van der Waals surface area contributed by atoms with Crippen LogP contribution in [0.3, 0.4) is 0 Å². The summed E-state index contributed by atoms with van der Waals surface area (Å²) in [6.45, 7) is 1.51. The average Bonchev–Trinajstić information content (AvgIpc) is 2.97. The maximum Gasteiger partial charge on any atom is 0.416 e. The monoisotopic (exact) mass is 372 g/mol. The van der Waals surface area contributed by atoms with Crippen LogP contribution in [0.2, 0.25) is 0 Å². The van der Waals surface area contributed by atoms with Crippen LogP contribution in [-0.4, -0.2) is 24.1 Å². The summed E-state index contributed by atoms with van der Waals surface area (Å²) in [6, 6.07) is 6.18. The maximum absolute atomic E-state index is 12.8. The first-order valence-electron chi connectivity index (χ1n) is 6.88. The third-order valence-corrected chi connectivity index (χ3v) is 6.21. The summed E-state index contributed by atoms with van der Waals surface area (Å²) < 4.78 is 63.3. The quantitative estimate of drug-likeness (QED) is 0.692. The standard InChI is InChI=1S/C15H11F3N2O2S2/c1-2-24(21,22)12-4-3-7-19-13(12)14-20-10-8-9(15(16,17)18)5-6-11(10)23-14/h3-8H,2H2,1H3. The fraction of sp³-hybridized carbons (Fsp3) is 0.200. The van der Waals surface area contributed by atoms with Crippen molar-refractivity contribution in [2.75, 3.05) is 5.75 Å². The van der Waals surface area contributed by atoms with Gasteiger partial charge >= 0.3 is 6.18 Å². The summed E-state index contributed by atoms with van der Waals surface area (Å²) in [5.41, 5.74) is -0.473. The van der Waals surface area contributed by atoms with E-state index in [0.29, 0.717) is 4.70 Å². The molecule has 0 bridgehead atoms. The first-order valence-corrected chi connectivity index (χ1v) is 9.35. The minimum atomic E-state index is -4.46. The molecule has 0 unspecified atom stereocenters. The number of hydrogen-bond acceptors (Lipinski definition) is 5. The SMILES string of the molecule is CCS(=O)(=O)c1cccnc1-c1nc2cc(C(F)(F)F)ccc2s1. The number of sulfone groups is 1. The van der Waals surface area contributed by atoms with E-state index in [0.717, 1.165) is 23.5 Å². The van der Waals surface area contributed by atoms with E-state index in [1.165, 1.54) is 31.3 Å². The van der Waals surface area contributed by atoms with Gasteiger partial charge in [-0.15, -0.1) is 11.3 Å². The Hall–Kier alpha value is -2.00. The summed E-state index contributed by atoms with van der Waals surface area (Å²) in [6.07, 6.45) is -3.03. The van der Waals surface area contributed by atoms with Crippen molar-refractivity contribution in [1.29, 1.82) is 0 Å². The summed E-state index contributed by atoms with van der Waals surface area (Å²) in [7, 11) is -3.52. The second kappa shape index (κ2) is 5.82. The summed E-state index contributed by atoms with van der Waals surface area (Å²) in [4.78, 5) is 8.26. The Labute approximate surface area is 139 Å². The van der Waals surface area contributed by atoms with Crippen molar-refractivity contribution >= 4 is 31.4 Å². The molecule has 0 aliphatic carbocycles. The Morgan fingerprint density at radius 2 is 1.96 bits per heavy atom. The number of rotatable bonds is 3. The maximum atomic E-state index is 12.8. The largest absolute Gasteiger partial charge is 0.416 e. The Bertz CT molecular complexity index is 1010. The molecular formula is C15H11F3N2O2S2. The Balaban J connectivity index is 2.18. The molecule has 0 N–H and O–H groups in total. The van der Waals surface area contributed by atoms with Crippen LogP contribution in [0.4, 0.5) is 13.2 Å². The third-order valence-electron chi connectivity index (χ3n) is 3.40. The zero-order valence-corrected chi connectivity index (χ0v) is 14.0. The van der Waals surface area contributed by atoms with Crippen LogP contribution < -0.4 is 0 Å². The van der Waals surface area contributed by atoms with E-state index in [1.807, 2.05) is 0 Å². The van der Waals surface area contributed by atoms with Crippen molar-refractivity contribution in [2.24, 2.45) is 0 Å². The number of alkyl halides is 3. The highest BCUT2D eigenvalue weighted by atomic mass is 32.2. The highest BCUT2D eigenvalue weighted by molar-refractivity contribution is 7.91. The smallest absolute Gasteiger partial charge is 0.252 e. The number of pyridine rings is 1. The molecule has 9 heteroatoms. The Morgan fingerprint density at radius 1 is 1.21 bits per heavy atom. The summed E-state index contributed by atoms with van der Waals surface area (Å²) in [5, 5.41) is 0.275. The molecule has 24 heavy (non-hydrogen) atoms. The number of nitrogens with zero attached hydrogens (tertiary/aromatic N) is 2. The lowest BCUT2D eigenvalue weighted by Crippen LogP contribution is -2.06. The van der Waals surface area contributed by atoms with Gasteiger partial charge in [0.2, 0.25) is 0 Å². The minimum absolute atomic E-state index is 0.0302. The first-order chi connectivity index (χ1) is 11.2. The molecule has 0 aliphatic heterocycles. The lowest BCUT2D eigenvalue weighted by Gasteiger charge is -2.05. The van der Waals surface area contributed by atoms with Crippen LogP contribution in [0.1, 0.15) is 12.5 Å². The van der Waals surface area contributed by atoms with Crippen LogP contribution in [0, 0.1) is 0 Å². The van der Waals surface area contributed by atoms with Gasteiger partial charge in [-0.05, 0) is 30.3 Å². The molecule has 0 radical (unpaired) electrons. The molecule has 0 amide bonds. The molecular weight excluding hydrogens is 361 g/mol. The normalized spacial score (nSPS) is 12.7. The van der Waals surface area contributed by atoms with E-state index in [1.54, 1.807) is 0 Å². The molecule has 3 aromatic rings. The van der Waals surface area contributed by atoms with Crippen LogP contribution in [-0.2, 0) is 16.0 Å². The second-order valence-corrected chi connectivity index (χ2v) is 8.23. The second-order valence-electron chi connectivity index (χ2n) is 4.95. The molecule has 4 nitrogen and oxygen atoms in total. The van der Waals surface area contributed by atoms with Gasteiger partial charge in [0, 0.05) is 6.20 Å². The highest BCUT2D eigenvalue weighted by Crippen LogP contribution is 2.36. The van der Waals surface area contributed by atoms with Crippen LogP contribution in [0.25, 0.3) is 20.9 Å². The molecule has 0 fully saturated rings. The topological polar surface area (TPSA) is 59.9 Å². The van der Waals surface area contributed by atoms with Crippen molar-refractivity contribution in [3.05, 3.63) is 42.1 Å². The van der Waals surface area contributed by atoms with Crippen LogP contribution in [0.15, 0.2) is 41.4 Å². The van der Waals surface area contributed by atoms with Crippen LogP contribution in [0.5, 0.6) is 0 Å². The molecule has 3 rings (SSSR count). The van der Waals surface area contributed by atoms with E-state index in [-0.39, 0.29) is 26.9 Å². The van der Waals surface area contributed by atoms with Gasteiger partial charge in [0.05, 0.1) is 26.4 Å². The van der Waals surface area contributed by atoms with Gasteiger partial charge in [-0.25, -0.2) is 13.4 Å². The predicted molar refractivity (Wildman–Crippen MR) is 85.6 cm³/mol. The van der Waals surface area contributed by atoms with Crippen molar-refractivity contribution < 1.29 is 21.6 Å². The zero-order chi connectivity index (χ0) is 17.5. The van der Waals surface area contributed by atoms with Gasteiger partial charge < -0.3 is 0 Å². The zero-order valence-electron chi connectivity index (χ0n) is 12.3. The predicted octanol–water partition coefficient (Wildman–Crippen LogP) is 4.17. The lowest BCUT2D eigenvalue weighted by atomic mass is 10.2. The molecule has 0 saturated heterocycles. The van der Waals surface area contributed by atoms with Gasteiger partial charge in [0.15, 0.2) is 9.84 Å². The molecule has 2 heterocycles. The molecule has 126 valence electrons. The molecule has 0 spiro atoms. The van der Waals surface area contributed by atoms with E-state index >= 15 is 0 Å². The van der Waals surface area contributed by atoms with Crippen molar-refractivity contribution in [1.82, 2.24) is 9.97 Å². The van der Waals surface area contributed by atoms with Gasteiger partial charge in [0.25, 0.3) is 0 Å². The fourth-order valence-corrected chi connectivity index (χ4v) is 4.23. The minimum Gasteiger partial charge on any atom is -0.252 e. The molecule has 1 aromatic carbocycles. The first kappa shape index (κ1) is 16.8. The van der Waals surface area contributed by atoms with Gasteiger partial charge in [-0.1, -0.05) is 6.92 Å². The van der Waals surface area contributed by atoms with E-state index in [2.05, 4.69) is 9.97 Å². The van der Waals surface area contributed by atoms with E-state index in [9.17, 15) is 21.6 Å². The van der Waals surface area contributed by atoms with Gasteiger partial charge in [-0.2, -0.15) is 13.2 Å². The van der Waals surface area contributed by atoms with E-state index < -0.39 is 21.6 Å². The summed E-state index contributed by atoms with van der Waals surface area (Å²) in [5.74, 6) is -0.102. The number of fused-ring (bicyclic) bond motifs is 1.